The monoisotopic (exact) mass is 658 g/mol. The van der Waals surface area contributed by atoms with Gasteiger partial charge in [-0.2, -0.15) is 0 Å². The van der Waals surface area contributed by atoms with Crippen molar-refractivity contribution in [1.29, 1.82) is 0 Å². The molecule has 0 unspecified atom stereocenters. The number of hydrogen-bond donors (Lipinski definition) is 2. The number of ether oxygens (including phenoxy) is 7. The summed E-state index contributed by atoms with van der Waals surface area (Å²) in [6.45, 7) is 27.7. The highest BCUT2D eigenvalue weighted by atomic mass is 28.4. The Labute approximate surface area is 264 Å². The molecule has 13 heteroatoms. The molecular weight excluding hydrogens is 592 g/mol. The molecule has 260 valence electrons. The van der Waals surface area contributed by atoms with Gasteiger partial charge in [0.2, 0.25) is 0 Å². The molecule has 0 aromatic carbocycles. The fraction of sp³-hybridized carbons (Fsp3) is 1.00. The van der Waals surface area contributed by atoms with E-state index in [1.807, 2.05) is 0 Å². The molecule has 43 heavy (non-hydrogen) atoms. The van der Waals surface area contributed by atoms with E-state index in [1.165, 1.54) is 0 Å². The van der Waals surface area contributed by atoms with Crippen LogP contribution in [-0.4, -0.2) is 145 Å². The Morgan fingerprint density at radius 3 is 1.05 bits per heavy atom. The highest BCUT2D eigenvalue weighted by molar-refractivity contribution is 6.74. The van der Waals surface area contributed by atoms with E-state index in [4.69, 9.17) is 52.2 Å². The Balaban J connectivity index is 4.52. The fourth-order valence-electron chi connectivity index (χ4n) is 3.07. The molecule has 0 atom stereocenters. The summed E-state index contributed by atoms with van der Waals surface area (Å²) in [5.41, 5.74) is 0. The van der Waals surface area contributed by atoms with Gasteiger partial charge >= 0.3 is 0 Å². The summed E-state index contributed by atoms with van der Waals surface area (Å²) in [4.78, 5) is 0. The van der Waals surface area contributed by atoms with E-state index in [-0.39, 0.29) is 48.7 Å². The maximum absolute atomic E-state index is 8.90. The van der Waals surface area contributed by atoms with Crippen molar-refractivity contribution in [2.24, 2.45) is 0 Å². The first-order chi connectivity index (χ1) is 20.1. The van der Waals surface area contributed by atoms with E-state index in [1.54, 1.807) is 0 Å². The summed E-state index contributed by atoms with van der Waals surface area (Å²) in [6, 6.07) is 0. The molecular formula is C30H66O11Si2. The van der Waals surface area contributed by atoms with Crippen LogP contribution in [0.3, 0.4) is 0 Å². The fourth-order valence-corrected chi connectivity index (χ4v) is 5.12. The Kier molecular flexibility index (Phi) is 23.3. The first-order valence-corrected chi connectivity index (χ1v) is 21.5. The van der Waals surface area contributed by atoms with Crippen LogP contribution in [-0.2, 0) is 42.0 Å². The second-order valence-corrected chi connectivity index (χ2v) is 23.2. The third kappa shape index (κ3) is 21.4. The molecule has 0 amide bonds. The summed E-state index contributed by atoms with van der Waals surface area (Å²) in [7, 11) is -3.62. The van der Waals surface area contributed by atoms with Crippen molar-refractivity contribution in [3.8, 4) is 0 Å². The lowest BCUT2D eigenvalue weighted by Gasteiger charge is -2.36. The lowest BCUT2D eigenvalue weighted by atomic mass is 10.2. The molecule has 0 aliphatic rings. The second kappa shape index (κ2) is 23.3. The predicted molar refractivity (Wildman–Crippen MR) is 174 cm³/mol. The zero-order valence-corrected chi connectivity index (χ0v) is 31.0. The Morgan fingerprint density at radius 2 is 0.744 bits per heavy atom. The van der Waals surface area contributed by atoms with Crippen molar-refractivity contribution in [3.05, 3.63) is 0 Å². The SMILES string of the molecule is CC(C)(C)[Si](C)(C)OCCOCC(COCCO[Si](C)(C)C(C)(C)C)OCCOCCOC(COCCO)COCCO. The van der Waals surface area contributed by atoms with Crippen LogP contribution in [0, 0.1) is 0 Å². The second-order valence-electron chi connectivity index (χ2n) is 13.6. The number of aliphatic hydroxyl groups excluding tert-OH is 2. The molecule has 0 heterocycles. The Morgan fingerprint density at radius 1 is 0.442 bits per heavy atom. The summed E-state index contributed by atoms with van der Waals surface area (Å²) >= 11 is 0. The summed E-state index contributed by atoms with van der Waals surface area (Å²) < 4.78 is 52.4. The minimum Gasteiger partial charge on any atom is -0.414 e. The molecule has 0 bridgehead atoms. The van der Waals surface area contributed by atoms with Crippen LogP contribution in [0.5, 0.6) is 0 Å². The quantitative estimate of drug-likeness (QED) is 0.0941. The van der Waals surface area contributed by atoms with Gasteiger partial charge in [-0.1, -0.05) is 41.5 Å². The molecule has 0 saturated carbocycles. The van der Waals surface area contributed by atoms with Gasteiger partial charge in [0.15, 0.2) is 16.6 Å². The lowest BCUT2D eigenvalue weighted by molar-refractivity contribution is -0.0925. The zero-order valence-electron chi connectivity index (χ0n) is 29.0. The summed E-state index contributed by atoms with van der Waals surface area (Å²) in [5, 5.41) is 18.1. The number of hydrogen-bond acceptors (Lipinski definition) is 11. The molecule has 0 radical (unpaired) electrons. The zero-order chi connectivity index (χ0) is 32.8. The van der Waals surface area contributed by atoms with E-state index >= 15 is 0 Å². The molecule has 2 N–H and O–H groups in total. The maximum Gasteiger partial charge on any atom is 0.192 e. The standard InChI is InChI=1S/C30H66O11Si2/c1-29(2,3)42(7,8)40-21-17-36-25-28(26-37-18-22-41-43(9,10)30(4,5)6)39-20-16-33-15-19-38-27(23-34-13-11-31)24-35-14-12-32/h27-28,31-32H,11-26H2,1-10H3. The molecule has 0 aromatic rings. The number of aliphatic hydroxyl groups is 2. The smallest absolute Gasteiger partial charge is 0.192 e. The van der Waals surface area contributed by atoms with Crippen LogP contribution in [0.15, 0.2) is 0 Å². The predicted octanol–water partition coefficient (Wildman–Crippen LogP) is 3.87. The topological polar surface area (TPSA) is 124 Å². The average molecular weight is 659 g/mol. The minimum atomic E-state index is -1.81. The third-order valence-electron chi connectivity index (χ3n) is 7.84. The van der Waals surface area contributed by atoms with E-state index in [0.29, 0.717) is 79.3 Å². The van der Waals surface area contributed by atoms with Gasteiger partial charge in [0.1, 0.15) is 12.2 Å². The molecule has 0 aliphatic carbocycles. The van der Waals surface area contributed by atoms with E-state index in [2.05, 4.69) is 67.7 Å². The molecule has 0 aliphatic heterocycles. The highest BCUT2D eigenvalue weighted by Crippen LogP contribution is 2.37. The van der Waals surface area contributed by atoms with Gasteiger partial charge in [0.25, 0.3) is 0 Å². The van der Waals surface area contributed by atoms with Gasteiger partial charge in [0, 0.05) is 0 Å². The van der Waals surface area contributed by atoms with Crippen molar-refractivity contribution < 1.29 is 52.2 Å². The van der Waals surface area contributed by atoms with Crippen molar-refractivity contribution >= 4 is 16.6 Å². The van der Waals surface area contributed by atoms with Gasteiger partial charge in [-0.15, -0.1) is 0 Å². The summed E-state index contributed by atoms with van der Waals surface area (Å²) in [5.74, 6) is 0. The largest absolute Gasteiger partial charge is 0.414 e. The van der Waals surface area contributed by atoms with Crippen LogP contribution in [0.25, 0.3) is 0 Å². The molecule has 0 aromatic heterocycles. The number of rotatable bonds is 28. The van der Waals surface area contributed by atoms with E-state index in [0.717, 1.165) is 0 Å². The Hall–Kier alpha value is -0.00623. The van der Waals surface area contributed by atoms with Gasteiger partial charge in [-0.3, -0.25) is 0 Å². The van der Waals surface area contributed by atoms with Crippen LogP contribution in [0.2, 0.25) is 36.3 Å². The third-order valence-corrected chi connectivity index (χ3v) is 16.9. The van der Waals surface area contributed by atoms with Gasteiger partial charge in [-0.25, -0.2) is 0 Å². The molecule has 0 spiro atoms. The van der Waals surface area contributed by atoms with Crippen LogP contribution in [0.4, 0.5) is 0 Å². The van der Waals surface area contributed by atoms with Crippen molar-refractivity contribution in [2.45, 2.75) is 90.0 Å². The lowest BCUT2D eigenvalue weighted by Crippen LogP contribution is -2.42. The van der Waals surface area contributed by atoms with E-state index in [9.17, 15) is 0 Å². The van der Waals surface area contributed by atoms with Crippen molar-refractivity contribution in [3.63, 3.8) is 0 Å². The highest BCUT2D eigenvalue weighted by Gasteiger charge is 2.37. The average Bonchev–Trinajstić information content (AvgIpc) is 2.90. The van der Waals surface area contributed by atoms with Crippen LogP contribution in [0.1, 0.15) is 41.5 Å². The van der Waals surface area contributed by atoms with Gasteiger partial charge < -0.3 is 52.2 Å². The van der Waals surface area contributed by atoms with Crippen molar-refractivity contribution in [2.75, 3.05) is 106 Å². The minimum absolute atomic E-state index is 0.0557. The maximum atomic E-state index is 8.90. The Bertz CT molecular complexity index is 609. The normalized spacial score (nSPS) is 13.5. The van der Waals surface area contributed by atoms with Gasteiger partial charge in [-0.05, 0) is 36.3 Å². The molecule has 11 nitrogen and oxygen atoms in total. The van der Waals surface area contributed by atoms with Crippen LogP contribution < -0.4 is 0 Å². The van der Waals surface area contributed by atoms with E-state index < -0.39 is 16.6 Å². The molecule has 0 rings (SSSR count). The van der Waals surface area contributed by atoms with Crippen LogP contribution >= 0.6 is 0 Å². The first-order valence-electron chi connectivity index (χ1n) is 15.7. The van der Waals surface area contributed by atoms with Gasteiger partial charge in [0.05, 0.1) is 106 Å². The molecule has 0 saturated heterocycles. The first kappa shape index (κ1) is 43.0. The molecule has 0 fully saturated rings. The van der Waals surface area contributed by atoms with Crippen molar-refractivity contribution in [1.82, 2.24) is 0 Å². The summed E-state index contributed by atoms with van der Waals surface area (Å²) in [6.07, 6.45) is -0.546.